The van der Waals surface area contributed by atoms with E-state index in [0.717, 1.165) is 18.7 Å². The van der Waals surface area contributed by atoms with Gasteiger partial charge in [0.25, 0.3) is 0 Å². The Morgan fingerprint density at radius 1 is 1.12 bits per heavy atom. The Morgan fingerprint density at radius 3 is 2.58 bits per heavy atom. The van der Waals surface area contributed by atoms with Gasteiger partial charge in [-0.2, -0.15) is 0 Å². The fourth-order valence-corrected chi connectivity index (χ4v) is 3.27. The minimum absolute atomic E-state index is 0.216. The Kier molecular flexibility index (Phi) is 4.75. The van der Waals surface area contributed by atoms with E-state index in [4.69, 9.17) is 4.98 Å². The molecule has 0 saturated carbocycles. The van der Waals surface area contributed by atoms with Gasteiger partial charge in [-0.05, 0) is 36.3 Å². The van der Waals surface area contributed by atoms with E-state index < -0.39 is 0 Å². The minimum Gasteiger partial charge on any atom is -0.363 e. The topological polar surface area (TPSA) is 24.9 Å². The standard InChI is InChI=1S/C22H28N2/c1-16-14-20(17-8-6-5-7-9-17)21(23-15-16)24-19-12-10-18(11-13-19)22(2,3)4/h5-8,10-12,14-15,17,19H,9,13H2,1-4H3,(H,23,24). The largest absolute Gasteiger partial charge is 0.363 e. The molecule has 2 aliphatic carbocycles. The highest BCUT2D eigenvalue weighted by Crippen LogP contribution is 2.33. The van der Waals surface area contributed by atoms with Gasteiger partial charge in [-0.25, -0.2) is 4.98 Å². The summed E-state index contributed by atoms with van der Waals surface area (Å²) >= 11 is 0. The molecule has 1 N–H and O–H groups in total. The molecular formula is C22H28N2. The SMILES string of the molecule is Cc1cnc(NC2C=CC(C(C)(C)C)=CC2)c(C2C=CC=CC2)c1. The van der Waals surface area contributed by atoms with E-state index in [1.165, 1.54) is 16.7 Å². The number of hydrogen-bond donors (Lipinski definition) is 1. The smallest absolute Gasteiger partial charge is 0.130 e. The van der Waals surface area contributed by atoms with Crippen LogP contribution in [-0.2, 0) is 0 Å². The van der Waals surface area contributed by atoms with Crippen molar-refractivity contribution in [2.45, 2.75) is 52.5 Å². The van der Waals surface area contributed by atoms with E-state index in [2.05, 4.69) is 81.6 Å². The van der Waals surface area contributed by atoms with Gasteiger partial charge in [0.05, 0.1) is 0 Å². The van der Waals surface area contributed by atoms with Crippen LogP contribution in [-0.4, -0.2) is 11.0 Å². The van der Waals surface area contributed by atoms with Crippen molar-refractivity contribution < 1.29 is 0 Å². The number of allylic oxidation sites excluding steroid dienone is 6. The lowest BCUT2D eigenvalue weighted by Crippen LogP contribution is -2.22. The van der Waals surface area contributed by atoms with Crippen LogP contribution < -0.4 is 5.32 Å². The van der Waals surface area contributed by atoms with E-state index in [1.54, 1.807) is 0 Å². The van der Waals surface area contributed by atoms with Crippen LogP contribution >= 0.6 is 0 Å². The number of pyridine rings is 1. The maximum Gasteiger partial charge on any atom is 0.130 e. The Balaban J connectivity index is 1.77. The van der Waals surface area contributed by atoms with Gasteiger partial charge in [-0.3, -0.25) is 0 Å². The number of aromatic nitrogens is 1. The van der Waals surface area contributed by atoms with Gasteiger partial charge in [0.1, 0.15) is 5.82 Å². The molecule has 0 saturated heterocycles. The molecular weight excluding hydrogens is 292 g/mol. The molecule has 0 fully saturated rings. The predicted octanol–water partition coefficient (Wildman–Crippen LogP) is 5.70. The fraction of sp³-hybridized carbons (Fsp3) is 0.409. The second-order valence-corrected chi connectivity index (χ2v) is 7.86. The van der Waals surface area contributed by atoms with Crippen molar-refractivity contribution >= 4 is 5.82 Å². The van der Waals surface area contributed by atoms with Crippen LogP contribution in [0.2, 0.25) is 0 Å². The molecule has 0 aliphatic heterocycles. The van der Waals surface area contributed by atoms with E-state index in [1.807, 2.05) is 6.20 Å². The Hall–Kier alpha value is -2.09. The number of nitrogens with one attached hydrogen (secondary N) is 1. The first-order valence-electron chi connectivity index (χ1n) is 8.89. The van der Waals surface area contributed by atoms with Crippen LogP contribution in [0.5, 0.6) is 0 Å². The lowest BCUT2D eigenvalue weighted by atomic mass is 9.83. The monoisotopic (exact) mass is 320 g/mol. The number of hydrogen-bond acceptors (Lipinski definition) is 2. The quantitative estimate of drug-likeness (QED) is 0.772. The normalized spacial score (nSPS) is 23.2. The maximum atomic E-state index is 4.69. The maximum absolute atomic E-state index is 4.69. The van der Waals surface area contributed by atoms with Gasteiger partial charge in [0.2, 0.25) is 0 Å². The van der Waals surface area contributed by atoms with Crippen molar-refractivity contribution in [1.82, 2.24) is 4.98 Å². The molecule has 0 bridgehead atoms. The molecule has 1 aromatic rings. The minimum atomic E-state index is 0.216. The van der Waals surface area contributed by atoms with E-state index >= 15 is 0 Å². The van der Waals surface area contributed by atoms with Crippen molar-refractivity contribution in [3.05, 3.63) is 71.5 Å². The molecule has 24 heavy (non-hydrogen) atoms. The number of aryl methyl sites for hydroxylation is 1. The van der Waals surface area contributed by atoms with Crippen LogP contribution in [0.25, 0.3) is 0 Å². The van der Waals surface area contributed by atoms with Gasteiger partial charge in [0, 0.05) is 23.7 Å². The lowest BCUT2D eigenvalue weighted by Gasteiger charge is -2.27. The van der Waals surface area contributed by atoms with Crippen molar-refractivity contribution in [1.29, 1.82) is 0 Å². The molecule has 0 amide bonds. The Bertz CT molecular complexity index is 714. The molecule has 0 aromatic carbocycles. The molecule has 0 spiro atoms. The average molecular weight is 320 g/mol. The highest BCUT2D eigenvalue weighted by atomic mass is 15.0. The summed E-state index contributed by atoms with van der Waals surface area (Å²) in [5, 5.41) is 3.65. The van der Waals surface area contributed by atoms with Crippen LogP contribution in [0, 0.1) is 12.3 Å². The summed E-state index contributed by atoms with van der Waals surface area (Å²) in [4.78, 5) is 4.69. The summed E-state index contributed by atoms with van der Waals surface area (Å²) in [6, 6.07) is 2.58. The first-order valence-corrected chi connectivity index (χ1v) is 8.89. The van der Waals surface area contributed by atoms with Crippen LogP contribution in [0.4, 0.5) is 5.82 Å². The molecule has 2 nitrogen and oxygen atoms in total. The third kappa shape index (κ3) is 3.87. The van der Waals surface area contributed by atoms with Gasteiger partial charge in [-0.15, -0.1) is 0 Å². The molecule has 2 heteroatoms. The molecule has 3 rings (SSSR count). The molecule has 2 unspecified atom stereocenters. The van der Waals surface area contributed by atoms with Crippen LogP contribution in [0.1, 0.15) is 50.7 Å². The third-order valence-electron chi connectivity index (χ3n) is 4.72. The van der Waals surface area contributed by atoms with Crippen LogP contribution in [0.15, 0.2) is 60.4 Å². The average Bonchev–Trinajstić information content (AvgIpc) is 2.57. The number of rotatable bonds is 3. The molecule has 0 radical (unpaired) electrons. The van der Waals surface area contributed by atoms with Crippen molar-refractivity contribution in [3.8, 4) is 0 Å². The molecule has 1 heterocycles. The summed E-state index contributed by atoms with van der Waals surface area (Å²) in [6.07, 6.45) is 19.7. The molecule has 2 atom stereocenters. The van der Waals surface area contributed by atoms with E-state index in [0.29, 0.717) is 12.0 Å². The number of anilines is 1. The number of nitrogens with zero attached hydrogens (tertiary/aromatic N) is 1. The van der Waals surface area contributed by atoms with Crippen molar-refractivity contribution in [2.75, 3.05) is 5.32 Å². The summed E-state index contributed by atoms with van der Waals surface area (Å²) < 4.78 is 0. The summed E-state index contributed by atoms with van der Waals surface area (Å²) in [6.45, 7) is 8.90. The predicted molar refractivity (Wildman–Crippen MR) is 103 cm³/mol. The zero-order valence-electron chi connectivity index (χ0n) is 15.2. The lowest BCUT2D eigenvalue weighted by molar-refractivity contribution is 0.511. The van der Waals surface area contributed by atoms with Gasteiger partial charge >= 0.3 is 0 Å². The highest BCUT2D eigenvalue weighted by Gasteiger charge is 2.20. The summed E-state index contributed by atoms with van der Waals surface area (Å²) in [5.41, 5.74) is 4.15. The molecule has 1 aromatic heterocycles. The second kappa shape index (κ2) is 6.80. The van der Waals surface area contributed by atoms with E-state index in [9.17, 15) is 0 Å². The second-order valence-electron chi connectivity index (χ2n) is 7.86. The van der Waals surface area contributed by atoms with Gasteiger partial charge in [-0.1, -0.05) is 69.4 Å². The van der Waals surface area contributed by atoms with Gasteiger partial charge < -0.3 is 5.32 Å². The zero-order valence-corrected chi connectivity index (χ0v) is 15.2. The Labute approximate surface area is 146 Å². The summed E-state index contributed by atoms with van der Waals surface area (Å²) in [5.74, 6) is 1.44. The Morgan fingerprint density at radius 2 is 1.96 bits per heavy atom. The first-order chi connectivity index (χ1) is 11.4. The highest BCUT2D eigenvalue weighted by molar-refractivity contribution is 5.52. The molecule has 126 valence electrons. The molecule has 2 aliphatic rings. The summed E-state index contributed by atoms with van der Waals surface area (Å²) in [7, 11) is 0. The van der Waals surface area contributed by atoms with Crippen LogP contribution in [0.3, 0.4) is 0 Å². The van der Waals surface area contributed by atoms with Gasteiger partial charge in [0.15, 0.2) is 0 Å². The van der Waals surface area contributed by atoms with E-state index in [-0.39, 0.29) is 5.41 Å². The zero-order chi connectivity index (χ0) is 17.2. The fourth-order valence-electron chi connectivity index (χ4n) is 3.27. The van der Waals surface area contributed by atoms with Crippen molar-refractivity contribution in [3.63, 3.8) is 0 Å². The first kappa shape index (κ1) is 16.8. The third-order valence-corrected chi connectivity index (χ3v) is 4.72. The van der Waals surface area contributed by atoms with Crippen molar-refractivity contribution in [2.24, 2.45) is 5.41 Å².